The number of rotatable bonds is 7. The normalized spacial score (nSPS) is 10.5. The minimum atomic E-state index is -0.152. The van der Waals surface area contributed by atoms with E-state index in [1.807, 2.05) is 78.9 Å². The zero-order valence-corrected chi connectivity index (χ0v) is 18.9. The van der Waals surface area contributed by atoms with Crippen LogP contribution in [0.5, 0.6) is 11.5 Å². The minimum absolute atomic E-state index is 0.152. The van der Waals surface area contributed by atoms with Gasteiger partial charge >= 0.3 is 0 Å². The van der Waals surface area contributed by atoms with E-state index in [1.165, 1.54) is 6.92 Å². The van der Waals surface area contributed by atoms with E-state index >= 15 is 0 Å². The van der Waals surface area contributed by atoms with Crippen LogP contribution in [-0.2, 0) is 11.2 Å². The molecule has 1 amide bonds. The molecule has 6 nitrogen and oxygen atoms in total. The first kappa shape index (κ1) is 22.0. The topological polar surface area (TPSA) is 64.5 Å². The quantitative estimate of drug-likeness (QED) is 0.384. The summed E-state index contributed by atoms with van der Waals surface area (Å²) in [5.74, 6) is 1.84. The van der Waals surface area contributed by atoms with E-state index in [-0.39, 0.29) is 5.91 Å². The molecule has 33 heavy (non-hydrogen) atoms. The third-order valence-corrected chi connectivity index (χ3v) is 5.28. The highest BCUT2D eigenvalue weighted by Crippen LogP contribution is 2.31. The Morgan fingerprint density at radius 1 is 0.848 bits per heavy atom. The second kappa shape index (κ2) is 9.96. The van der Waals surface area contributed by atoms with Gasteiger partial charge in [-0.2, -0.15) is 0 Å². The van der Waals surface area contributed by atoms with Crippen LogP contribution in [-0.4, -0.2) is 30.1 Å². The molecular formula is C27H25N3O3. The van der Waals surface area contributed by atoms with Crippen LogP contribution in [0.1, 0.15) is 18.2 Å². The molecule has 0 aliphatic heterocycles. The molecule has 4 rings (SSSR count). The molecule has 6 heteroatoms. The van der Waals surface area contributed by atoms with Gasteiger partial charge in [-0.25, -0.2) is 9.97 Å². The molecule has 1 aromatic heterocycles. The molecule has 4 aromatic rings. The fourth-order valence-corrected chi connectivity index (χ4v) is 3.60. The highest BCUT2D eigenvalue weighted by Gasteiger charge is 2.21. The molecular weight excluding hydrogens is 414 g/mol. The van der Waals surface area contributed by atoms with E-state index in [1.54, 1.807) is 25.3 Å². The zero-order valence-electron chi connectivity index (χ0n) is 18.9. The van der Waals surface area contributed by atoms with Crippen molar-refractivity contribution in [2.75, 3.05) is 19.1 Å². The molecule has 0 aliphatic rings. The smallest absolute Gasteiger partial charge is 0.229 e. The molecule has 0 aliphatic carbocycles. The van der Waals surface area contributed by atoms with Gasteiger partial charge < -0.3 is 9.47 Å². The van der Waals surface area contributed by atoms with Crippen molar-refractivity contribution in [3.05, 3.63) is 96.3 Å². The Balaban J connectivity index is 1.81. The Hall–Kier alpha value is -4.19. The molecule has 0 saturated heterocycles. The van der Waals surface area contributed by atoms with Gasteiger partial charge in [0.2, 0.25) is 5.91 Å². The van der Waals surface area contributed by atoms with Gasteiger partial charge in [0.05, 0.1) is 37.5 Å². The zero-order chi connectivity index (χ0) is 23.2. The highest BCUT2D eigenvalue weighted by molar-refractivity contribution is 5.98. The maximum Gasteiger partial charge on any atom is 0.229 e. The van der Waals surface area contributed by atoms with E-state index < -0.39 is 0 Å². The largest absolute Gasteiger partial charge is 0.497 e. The number of ether oxygens (including phenoxy) is 2. The lowest BCUT2D eigenvalue weighted by Crippen LogP contribution is -2.25. The average molecular weight is 440 g/mol. The summed E-state index contributed by atoms with van der Waals surface area (Å²) < 4.78 is 10.5. The highest BCUT2D eigenvalue weighted by atomic mass is 16.5. The lowest BCUT2D eigenvalue weighted by atomic mass is 10.1. The predicted molar refractivity (Wildman–Crippen MR) is 129 cm³/mol. The average Bonchev–Trinajstić information content (AvgIpc) is 2.86. The fourth-order valence-electron chi connectivity index (χ4n) is 3.60. The number of amides is 1. The summed E-state index contributed by atoms with van der Waals surface area (Å²) in [5.41, 5.74) is 4.14. The predicted octanol–water partition coefficient (Wildman–Crippen LogP) is 5.44. The van der Waals surface area contributed by atoms with Crippen LogP contribution in [0, 0.1) is 0 Å². The van der Waals surface area contributed by atoms with Gasteiger partial charge in [0.25, 0.3) is 0 Å². The summed E-state index contributed by atoms with van der Waals surface area (Å²) in [6.45, 7) is 1.52. The van der Waals surface area contributed by atoms with Crippen molar-refractivity contribution in [2.45, 2.75) is 13.3 Å². The van der Waals surface area contributed by atoms with Crippen molar-refractivity contribution in [3.63, 3.8) is 0 Å². The van der Waals surface area contributed by atoms with Crippen LogP contribution in [0.4, 0.5) is 11.5 Å². The summed E-state index contributed by atoms with van der Waals surface area (Å²) in [4.78, 5) is 24.0. The van der Waals surface area contributed by atoms with Crippen molar-refractivity contribution < 1.29 is 14.3 Å². The third-order valence-electron chi connectivity index (χ3n) is 5.28. The van der Waals surface area contributed by atoms with Crippen LogP contribution < -0.4 is 14.4 Å². The number of carbonyl (C=O) groups is 1. The first-order chi connectivity index (χ1) is 16.1. The van der Waals surface area contributed by atoms with E-state index in [9.17, 15) is 4.79 Å². The molecule has 166 valence electrons. The summed E-state index contributed by atoms with van der Waals surface area (Å²) in [6, 6.07) is 25.0. The summed E-state index contributed by atoms with van der Waals surface area (Å²) >= 11 is 0. The van der Waals surface area contributed by atoms with Crippen molar-refractivity contribution >= 4 is 17.4 Å². The van der Waals surface area contributed by atoms with Gasteiger partial charge in [-0.1, -0.05) is 30.3 Å². The molecule has 0 unspecified atom stereocenters. The number of nitrogens with zero attached hydrogens (tertiary/aromatic N) is 3. The van der Waals surface area contributed by atoms with Gasteiger partial charge in [0.15, 0.2) is 5.82 Å². The second-order valence-corrected chi connectivity index (χ2v) is 7.47. The van der Waals surface area contributed by atoms with Gasteiger partial charge in [-0.05, 0) is 54.1 Å². The van der Waals surface area contributed by atoms with E-state index in [0.717, 1.165) is 22.6 Å². The third kappa shape index (κ3) is 5.01. The second-order valence-electron chi connectivity index (χ2n) is 7.47. The molecule has 0 fully saturated rings. The van der Waals surface area contributed by atoms with Crippen LogP contribution >= 0.6 is 0 Å². The standard InChI is InChI=1S/C27H25N3O3/c1-19(31)30(22-11-15-24(33-3)16-12-22)27-25(17-20-7-5-4-6-8-20)29-26(18-28-27)21-9-13-23(32-2)14-10-21/h4-16,18H,17H2,1-3H3. The molecule has 1 heterocycles. The van der Waals surface area contributed by atoms with Gasteiger partial charge in [-0.3, -0.25) is 9.69 Å². The van der Waals surface area contributed by atoms with E-state index in [0.29, 0.717) is 29.4 Å². The first-order valence-electron chi connectivity index (χ1n) is 10.6. The number of anilines is 2. The number of hydrogen-bond acceptors (Lipinski definition) is 5. The van der Waals surface area contributed by atoms with Crippen molar-refractivity contribution in [1.29, 1.82) is 0 Å². The number of methoxy groups -OCH3 is 2. The monoisotopic (exact) mass is 439 g/mol. The minimum Gasteiger partial charge on any atom is -0.497 e. The van der Waals surface area contributed by atoms with Crippen molar-refractivity contribution in [3.8, 4) is 22.8 Å². The summed E-state index contributed by atoms with van der Waals surface area (Å²) in [5, 5.41) is 0. The maximum absolute atomic E-state index is 12.7. The molecule has 0 bridgehead atoms. The Labute approximate surface area is 193 Å². The Bertz CT molecular complexity index is 1220. The maximum atomic E-state index is 12.7. The van der Waals surface area contributed by atoms with Crippen molar-refractivity contribution in [1.82, 2.24) is 9.97 Å². The van der Waals surface area contributed by atoms with Crippen LogP contribution in [0.25, 0.3) is 11.3 Å². The lowest BCUT2D eigenvalue weighted by Gasteiger charge is -2.23. The van der Waals surface area contributed by atoms with Gasteiger partial charge in [0.1, 0.15) is 11.5 Å². The fraction of sp³-hybridized carbons (Fsp3) is 0.148. The Morgan fingerprint density at radius 2 is 1.45 bits per heavy atom. The van der Waals surface area contributed by atoms with E-state index in [4.69, 9.17) is 19.4 Å². The van der Waals surface area contributed by atoms with E-state index in [2.05, 4.69) is 0 Å². The first-order valence-corrected chi connectivity index (χ1v) is 10.6. The number of hydrogen-bond donors (Lipinski definition) is 0. The molecule has 0 saturated carbocycles. The Morgan fingerprint density at radius 3 is 2.03 bits per heavy atom. The summed E-state index contributed by atoms with van der Waals surface area (Å²) in [7, 11) is 3.25. The molecule has 0 radical (unpaired) electrons. The van der Waals surface area contributed by atoms with Crippen LogP contribution in [0.3, 0.4) is 0 Å². The molecule has 0 spiro atoms. The van der Waals surface area contributed by atoms with Gasteiger partial charge in [0, 0.05) is 18.9 Å². The summed E-state index contributed by atoms with van der Waals surface area (Å²) in [6.07, 6.45) is 2.23. The number of benzene rings is 3. The van der Waals surface area contributed by atoms with Crippen LogP contribution in [0.2, 0.25) is 0 Å². The molecule has 0 atom stereocenters. The van der Waals surface area contributed by atoms with Crippen LogP contribution in [0.15, 0.2) is 85.1 Å². The van der Waals surface area contributed by atoms with Gasteiger partial charge in [-0.15, -0.1) is 0 Å². The molecule has 0 N–H and O–H groups in total. The molecule has 3 aromatic carbocycles. The number of aromatic nitrogens is 2. The van der Waals surface area contributed by atoms with Crippen molar-refractivity contribution in [2.24, 2.45) is 0 Å². The SMILES string of the molecule is COc1ccc(-c2cnc(N(C(C)=O)c3ccc(OC)cc3)c(Cc3ccccc3)n2)cc1. The Kier molecular flexibility index (Phi) is 6.64. The lowest BCUT2D eigenvalue weighted by molar-refractivity contribution is -0.115. The number of carbonyl (C=O) groups excluding carboxylic acids is 1.